The zero-order valence-electron chi connectivity index (χ0n) is 7.25. The van der Waals surface area contributed by atoms with Crippen LogP contribution in [0.3, 0.4) is 0 Å². The first-order chi connectivity index (χ1) is 5.36. The number of piperidine rings is 1. The molecule has 1 saturated heterocycles. The number of likely N-dealkylation sites (tertiary alicyclic amines) is 1. The predicted molar refractivity (Wildman–Crippen MR) is 45.3 cm³/mol. The Morgan fingerprint density at radius 3 is 2.55 bits per heavy atom. The van der Waals surface area contributed by atoms with Crippen molar-refractivity contribution >= 4 is 6.41 Å². The molecular weight excluding hydrogens is 138 g/mol. The highest BCUT2D eigenvalue weighted by Crippen LogP contribution is 2.20. The molecule has 1 aliphatic heterocycles. The number of rotatable bonds is 3. The van der Waals surface area contributed by atoms with E-state index in [1.54, 1.807) is 0 Å². The summed E-state index contributed by atoms with van der Waals surface area (Å²) in [4.78, 5) is 12.2. The Morgan fingerprint density at radius 2 is 2.09 bits per heavy atom. The molecule has 0 aromatic heterocycles. The summed E-state index contributed by atoms with van der Waals surface area (Å²) >= 11 is 0. The van der Waals surface area contributed by atoms with Crippen LogP contribution >= 0.6 is 0 Å². The molecule has 0 aliphatic carbocycles. The highest BCUT2D eigenvalue weighted by molar-refractivity contribution is 5.47. The maximum Gasteiger partial charge on any atom is 0.209 e. The van der Waals surface area contributed by atoms with Crippen molar-refractivity contribution in [3.05, 3.63) is 0 Å². The molecule has 64 valence electrons. The van der Waals surface area contributed by atoms with Gasteiger partial charge in [-0.15, -0.1) is 0 Å². The van der Waals surface area contributed by atoms with Gasteiger partial charge in [0.1, 0.15) is 0 Å². The van der Waals surface area contributed by atoms with E-state index >= 15 is 0 Å². The Morgan fingerprint density at radius 1 is 1.45 bits per heavy atom. The molecule has 0 spiro atoms. The SMILES string of the molecule is CCCC1CCN(C=O)CC1. The van der Waals surface area contributed by atoms with Gasteiger partial charge in [0.05, 0.1) is 0 Å². The van der Waals surface area contributed by atoms with Crippen molar-refractivity contribution < 1.29 is 4.79 Å². The van der Waals surface area contributed by atoms with E-state index in [2.05, 4.69) is 6.92 Å². The van der Waals surface area contributed by atoms with Crippen molar-refractivity contribution in [2.75, 3.05) is 13.1 Å². The minimum atomic E-state index is 0.885. The van der Waals surface area contributed by atoms with E-state index < -0.39 is 0 Å². The Kier molecular flexibility index (Phi) is 3.40. The van der Waals surface area contributed by atoms with Crippen LogP contribution in [0.25, 0.3) is 0 Å². The zero-order valence-corrected chi connectivity index (χ0v) is 7.25. The van der Waals surface area contributed by atoms with Crippen molar-refractivity contribution in [2.45, 2.75) is 32.6 Å². The van der Waals surface area contributed by atoms with E-state index in [9.17, 15) is 4.79 Å². The lowest BCUT2D eigenvalue weighted by molar-refractivity contribution is -0.119. The largest absolute Gasteiger partial charge is 0.345 e. The molecule has 0 radical (unpaired) electrons. The van der Waals surface area contributed by atoms with Gasteiger partial charge < -0.3 is 4.90 Å². The summed E-state index contributed by atoms with van der Waals surface area (Å²) in [5.74, 6) is 0.885. The highest BCUT2D eigenvalue weighted by atomic mass is 16.1. The first-order valence-electron chi connectivity index (χ1n) is 4.56. The molecular formula is C9H17NO. The molecule has 0 aromatic carbocycles. The molecule has 2 heteroatoms. The van der Waals surface area contributed by atoms with Crippen LogP contribution in [-0.2, 0) is 4.79 Å². The summed E-state index contributed by atoms with van der Waals surface area (Å²) in [7, 11) is 0. The minimum absolute atomic E-state index is 0.885. The van der Waals surface area contributed by atoms with Crippen LogP contribution in [0.1, 0.15) is 32.6 Å². The van der Waals surface area contributed by atoms with Gasteiger partial charge in [0.15, 0.2) is 0 Å². The van der Waals surface area contributed by atoms with Crippen molar-refractivity contribution in [3.8, 4) is 0 Å². The van der Waals surface area contributed by atoms with E-state index in [4.69, 9.17) is 0 Å². The molecule has 2 nitrogen and oxygen atoms in total. The minimum Gasteiger partial charge on any atom is -0.345 e. The molecule has 0 saturated carbocycles. The second kappa shape index (κ2) is 4.37. The molecule has 1 rings (SSSR count). The van der Waals surface area contributed by atoms with Gasteiger partial charge in [0.25, 0.3) is 0 Å². The summed E-state index contributed by atoms with van der Waals surface area (Å²) in [5.41, 5.74) is 0. The Bertz CT molecular complexity index is 117. The average molecular weight is 155 g/mol. The van der Waals surface area contributed by atoms with Crippen LogP contribution in [0.2, 0.25) is 0 Å². The predicted octanol–water partition coefficient (Wildman–Crippen LogP) is 1.65. The van der Waals surface area contributed by atoms with E-state index in [-0.39, 0.29) is 0 Å². The molecule has 1 heterocycles. The van der Waals surface area contributed by atoms with Gasteiger partial charge in [-0.3, -0.25) is 4.79 Å². The lowest BCUT2D eigenvalue weighted by Gasteiger charge is -2.28. The van der Waals surface area contributed by atoms with Crippen LogP contribution in [0, 0.1) is 5.92 Å². The molecule has 0 atom stereocenters. The van der Waals surface area contributed by atoms with Gasteiger partial charge in [0.2, 0.25) is 6.41 Å². The topological polar surface area (TPSA) is 20.3 Å². The van der Waals surface area contributed by atoms with Gasteiger partial charge >= 0.3 is 0 Å². The van der Waals surface area contributed by atoms with Gasteiger partial charge in [-0.1, -0.05) is 19.8 Å². The summed E-state index contributed by atoms with van der Waals surface area (Å²) in [5, 5.41) is 0. The number of amides is 1. The third-order valence-electron chi connectivity index (χ3n) is 2.50. The Hall–Kier alpha value is -0.530. The second-order valence-electron chi connectivity index (χ2n) is 3.37. The van der Waals surface area contributed by atoms with Gasteiger partial charge in [0, 0.05) is 13.1 Å². The monoisotopic (exact) mass is 155 g/mol. The van der Waals surface area contributed by atoms with Crippen molar-refractivity contribution in [3.63, 3.8) is 0 Å². The van der Waals surface area contributed by atoms with Crippen molar-refractivity contribution in [2.24, 2.45) is 5.92 Å². The third-order valence-corrected chi connectivity index (χ3v) is 2.50. The fraction of sp³-hybridized carbons (Fsp3) is 0.889. The van der Waals surface area contributed by atoms with E-state index in [1.165, 1.54) is 25.7 Å². The fourth-order valence-corrected chi connectivity index (χ4v) is 1.76. The van der Waals surface area contributed by atoms with Crippen LogP contribution in [0.4, 0.5) is 0 Å². The Balaban J connectivity index is 2.18. The van der Waals surface area contributed by atoms with E-state index in [1.807, 2.05) is 4.90 Å². The summed E-state index contributed by atoms with van der Waals surface area (Å²) in [6.45, 7) is 4.19. The molecule has 1 aliphatic rings. The summed E-state index contributed by atoms with van der Waals surface area (Å²) < 4.78 is 0. The van der Waals surface area contributed by atoms with Gasteiger partial charge in [-0.2, -0.15) is 0 Å². The van der Waals surface area contributed by atoms with Crippen molar-refractivity contribution in [1.82, 2.24) is 4.90 Å². The average Bonchev–Trinajstić information content (AvgIpc) is 2.07. The molecule has 0 N–H and O–H groups in total. The maximum absolute atomic E-state index is 10.4. The fourth-order valence-electron chi connectivity index (χ4n) is 1.76. The normalized spacial score (nSPS) is 20.3. The lowest BCUT2D eigenvalue weighted by Crippen LogP contribution is -2.32. The molecule has 0 bridgehead atoms. The first kappa shape index (κ1) is 8.57. The molecule has 1 fully saturated rings. The number of nitrogens with zero attached hydrogens (tertiary/aromatic N) is 1. The maximum atomic E-state index is 10.4. The standard InChI is InChI=1S/C9H17NO/c1-2-3-9-4-6-10(8-11)7-5-9/h8-9H,2-7H2,1H3. The van der Waals surface area contributed by atoms with Crippen LogP contribution in [0.5, 0.6) is 0 Å². The smallest absolute Gasteiger partial charge is 0.209 e. The molecule has 0 unspecified atom stereocenters. The third kappa shape index (κ3) is 2.52. The zero-order chi connectivity index (χ0) is 8.10. The molecule has 11 heavy (non-hydrogen) atoms. The van der Waals surface area contributed by atoms with Gasteiger partial charge in [-0.05, 0) is 18.8 Å². The van der Waals surface area contributed by atoms with Gasteiger partial charge in [-0.25, -0.2) is 0 Å². The number of carbonyl (C=O) groups excluding carboxylic acids is 1. The Labute approximate surface area is 68.6 Å². The lowest BCUT2D eigenvalue weighted by atomic mass is 9.93. The number of hydrogen-bond acceptors (Lipinski definition) is 1. The number of hydrogen-bond donors (Lipinski definition) is 0. The second-order valence-corrected chi connectivity index (χ2v) is 3.37. The summed E-state index contributed by atoms with van der Waals surface area (Å²) in [6, 6.07) is 0. The number of carbonyl (C=O) groups is 1. The van der Waals surface area contributed by atoms with Crippen molar-refractivity contribution in [1.29, 1.82) is 0 Å². The first-order valence-corrected chi connectivity index (χ1v) is 4.56. The van der Waals surface area contributed by atoms with Crippen LogP contribution < -0.4 is 0 Å². The highest BCUT2D eigenvalue weighted by Gasteiger charge is 2.16. The molecule has 0 aromatic rings. The van der Waals surface area contributed by atoms with Crippen LogP contribution in [-0.4, -0.2) is 24.4 Å². The van der Waals surface area contributed by atoms with E-state index in [0.717, 1.165) is 25.4 Å². The van der Waals surface area contributed by atoms with Crippen LogP contribution in [0.15, 0.2) is 0 Å². The quantitative estimate of drug-likeness (QED) is 0.567. The van der Waals surface area contributed by atoms with E-state index in [0.29, 0.717) is 0 Å². The molecule has 1 amide bonds. The summed E-state index contributed by atoms with van der Waals surface area (Å²) in [6.07, 6.45) is 6.03.